The summed E-state index contributed by atoms with van der Waals surface area (Å²) in [5.41, 5.74) is 0.860. The second-order valence-electron chi connectivity index (χ2n) is 3.92. The van der Waals surface area contributed by atoms with Gasteiger partial charge >= 0.3 is 5.97 Å². The van der Waals surface area contributed by atoms with E-state index >= 15 is 0 Å². The van der Waals surface area contributed by atoms with Crippen molar-refractivity contribution in [2.75, 3.05) is 0 Å². The largest absolute Gasteiger partial charge is 0.481 e. The number of aryl methyl sites for hydroxylation is 2. The molecule has 2 aromatic rings. The van der Waals surface area contributed by atoms with E-state index in [1.807, 2.05) is 30.7 Å². The lowest BCUT2D eigenvalue weighted by Gasteiger charge is -2.02. The average Bonchev–Trinajstić information content (AvgIpc) is 2.82. The summed E-state index contributed by atoms with van der Waals surface area (Å²) in [5.74, 6) is 1.52. The van der Waals surface area contributed by atoms with E-state index < -0.39 is 5.97 Å². The third kappa shape index (κ3) is 2.38. The summed E-state index contributed by atoms with van der Waals surface area (Å²) in [6.07, 6.45) is 2.21. The fourth-order valence-electron chi connectivity index (χ4n) is 1.70. The molecule has 0 spiro atoms. The van der Waals surface area contributed by atoms with Gasteiger partial charge < -0.3 is 14.1 Å². The highest BCUT2D eigenvalue weighted by molar-refractivity contribution is 5.67. The van der Waals surface area contributed by atoms with Gasteiger partial charge in [0.2, 0.25) is 0 Å². The predicted octanol–water partition coefficient (Wildman–Crippen LogP) is 2.01. The molecule has 1 N–H and O–H groups in total. The molecule has 0 aliphatic rings. The lowest BCUT2D eigenvalue weighted by Crippen LogP contribution is -2.03. The number of hydrogen-bond donors (Lipinski definition) is 1. The van der Waals surface area contributed by atoms with E-state index in [1.54, 1.807) is 6.20 Å². The van der Waals surface area contributed by atoms with Gasteiger partial charge in [0.05, 0.1) is 12.6 Å². The van der Waals surface area contributed by atoms with Crippen LogP contribution in [0.2, 0.25) is 0 Å². The first-order chi connectivity index (χ1) is 8.08. The molecule has 2 aromatic heterocycles. The fraction of sp³-hybridized carbons (Fsp3) is 0.333. The Morgan fingerprint density at radius 2 is 2.29 bits per heavy atom. The van der Waals surface area contributed by atoms with Crippen LogP contribution in [0, 0.1) is 6.92 Å². The molecule has 2 heterocycles. The normalized spacial score (nSPS) is 10.7. The van der Waals surface area contributed by atoms with E-state index in [2.05, 4.69) is 4.98 Å². The zero-order valence-electron chi connectivity index (χ0n) is 9.80. The predicted molar refractivity (Wildman–Crippen MR) is 61.6 cm³/mol. The van der Waals surface area contributed by atoms with Gasteiger partial charge in [-0.3, -0.25) is 4.79 Å². The lowest BCUT2D eigenvalue weighted by molar-refractivity contribution is -0.137. The van der Waals surface area contributed by atoms with E-state index in [0.29, 0.717) is 6.42 Å². The Morgan fingerprint density at radius 3 is 2.88 bits per heavy atom. The van der Waals surface area contributed by atoms with Crippen LogP contribution in [0.4, 0.5) is 0 Å². The minimum absolute atomic E-state index is 0.0848. The van der Waals surface area contributed by atoms with Crippen molar-refractivity contribution in [3.05, 3.63) is 29.9 Å². The average molecular weight is 234 g/mol. The van der Waals surface area contributed by atoms with Crippen molar-refractivity contribution in [2.45, 2.75) is 19.8 Å². The molecule has 5 nitrogen and oxygen atoms in total. The molecule has 0 aromatic carbocycles. The minimum atomic E-state index is -0.816. The van der Waals surface area contributed by atoms with Gasteiger partial charge in [0.25, 0.3) is 0 Å². The van der Waals surface area contributed by atoms with Crippen LogP contribution in [-0.4, -0.2) is 20.6 Å². The van der Waals surface area contributed by atoms with Crippen LogP contribution in [0.1, 0.15) is 18.0 Å². The molecular formula is C12H14N2O3. The second-order valence-corrected chi connectivity index (χ2v) is 3.92. The number of aromatic nitrogens is 2. The van der Waals surface area contributed by atoms with E-state index in [9.17, 15) is 4.79 Å². The summed E-state index contributed by atoms with van der Waals surface area (Å²) in [4.78, 5) is 14.7. The molecule has 5 heteroatoms. The van der Waals surface area contributed by atoms with Crippen LogP contribution >= 0.6 is 0 Å². The van der Waals surface area contributed by atoms with Crippen LogP contribution < -0.4 is 0 Å². The van der Waals surface area contributed by atoms with Gasteiger partial charge in [-0.25, -0.2) is 4.98 Å². The Kier molecular flexibility index (Phi) is 2.99. The van der Waals surface area contributed by atoms with Crippen molar-refractivity contribution < 1.29 is 14.3 Å². The third-order valence-electron chi connectivity index (χ3n) is 2.64. The first-order valence-corrected chi connectivity index (χ1v) is 5.37. The molecule has 0 saturated heterocycles. The van der Waals surface area contributed by atoms with Crippen molar-refractivity contribution in [3.8, 4) is 11.5 Å². The summed E-state index contributed by atoms with van der Waals surface area (Å²) in [6, 6.07) is 3.77. The van der Waals surface area contributed by atoms with Crippen molar-refractivity contribution in [3.63, 3.8) is 0 Å². The molecule has 0 fully saturated rings. The van der Waals surface area contributed by atoms with Gasteiger partial charge in [-0.2, -0.15) is 0 Å². The Morgan fingerprint density at radius 1 is 1.53 bits per heavy atom. The summed E-state index contributed by atoms with van der Waals surface area (Å²) in [5, 5.41) is 8.64. The number of carboxylic acid groups (broad SMARTS) is 1. The van der Waals surface area contributed by atoms with Gasteiger partial charge in [-0.1, -0.05) is 0 Å². The maximum absolute atomic E-state index is 10.5. The van der Waals surface area contributed by atoms with Crippen LogP contribution in [0.25, 0.3) is 11.5 Å². The van der Waals surface area contributed by atoms with Crippen LogP contribution in [0.3, 0.4) is 0 Å². The van der Waals surface area contributed by atoms with Crippen LogP contribution in [0.5, 0.6) is 0 Å². The van der Waals surface area contributed by atoms with Crippen molar-refractivity contribution in [1.29, 1.82) is 0 Å². The Labute approximate surface area is 98.7 Å². The zero-order chi connectivity index (χ0) is 12.4. The zero-order valence-corrected chi connectivity index (χ0v) is 9.80. The lowest BCUT2D eigenvalue weighted by atomic mass is 10.3. The van der Waals surface area contributed by atoms with Gasteiger partial charge in [0.15, 0.2) is 5.76 Å². The highest BCUT2D eigenvalue weighted by Gasteiger charge is 2.12. The molecule has 0 radical (unpaired) electrons. The van der Waals surface area contributed by atoms with E-state index in [0.717, 1.165) is 23.0 Å². The maximum Gasteiger partial charge on any atom is 0.303 e. The maximum atomic E-state index is 10.5. The first kappa shape index (κ1) is 11.4. The van der Waals surface area contributed by atoms with Crippen molar-refractivity contribution in [2.24, 2.45) is 7.05 Å². The molecule has 0 unspecified atom stereocenters. The Hall–Kier alpha value is -2.04. The summed E-state index contributed by atoms with van der Waals surface area (Å²) >= 11 is 0. The topological polar surface area (TPSA) is 68.3 Å². The SMILES string of the molecule is Cc1ccc(-c2cnc(CCC(=O)O)n2C)o1. The molecule has 0 amide bonds. The minimum Gasteiger partial charge on any atom is -0.481 e. The fourth-order valence-corrected chi connectivity index (χ4v) is 1.70. The summed E-state index contributed by atoms with van der Waals surface area (Å²) in [6.45, 7) is 1.88. The molecule has 17 heavy (non-hydrogen) atoms. The molecule has 0 saturated carbocycles. The highest BCUT2D eigenvalue weighted by atomic mass is 16.4. The molecule has 0 bridgehead atoms. The molecule has 0 atom stereocenters. The number of furan rings is 1. The number of imidazole rings is 1. The van der Waals surface area contributed by atoms with Gasteiger partial charge in [-0.05, 0) is 19.1 Å². The summed E-state index contributed by atoms with van der Waals surface area (Å²) in [7, 11) is 1.86. The van der Waals surface area contributed by atoms with Gasteiger partial charge in [-0.15, -0.1) is 0 Å². The highest BCUT2D eigenvalue weighted by Crippen LogP contribution is 2.22. The number of aliphatic carboxylic acids is 1. The number of carbonyl (C=O) groups is 1. The smallest absolute Gasteiger partial charge is 0.303 e. The monoisotopic (exact) mass is 234 g/mol. The van der Waals surface area contributed by atoms with Crippen molar-refractivity contribution in [1.82, 2.24) is 9.55 Å². The van der Waals surface area contributed by atoms with E-state index in [-0.39, 0.29) is 6.42 Å². The molecule has 0 aliphatic carbocycles. The van der Waals surface area contributed by atoms with Gasteiger partial charge in [0.1, 0.15) is 17.3 Å². The third-order valence-corrected chi connectivity index (χ3v) is 2.64. The number of nitrogens with zero attached hydrogens (tertiary/aromatic N) is 2. The molecular weight excluding hydrogens is 220 g/mol. The number of hydrogen-bond acceptors (Lipinski definition) is 3. The van der Waals surface area contributed by atoms with E-state index in [1.165, 1.54) is 0 Å². The molecule has 2 rings (SSSR count). The Balaban J connectivity index is 2.23. The summed E-state index contributed by atoms with van der Waals surface area (Å²) < 4.78 is 7.37. The number of rotatable bonds is 4. The molecule has 90 valence electrons. The Bertz CT molecular complexity index is 540. The quantitative estimate of drug-likeness (QED) is 0.878. The van der Waals surface area contributed by atoms with Crippen molar-refractivity contribution >= 4 is 5.97 Å². The molecule has 0 aliphatic heterocycles. The standard InChI is InChI=1S/C12H14N2O3/c1-8-3-4-10(17-8)9-7-13-11(14(9)2)5-6-12(15)16/h3-4,7H,5-6H2,1-2H3,(H,15,16). The second kappa shape index (κ2) is 4.45. The van der Waals surface area contributed by atoms with Crippen LogP contribution in [0.15, 0.2) is 22.7 Å². The van der Waals surface area contributed by atoms with Gasteiger partial charge in [0, 0.05) is 13.5 Å². The first-order valence-electron chi connectivity index (χ1n) is 5.37. The number of carboxylic acids is 1. The van der Waals surface area contributed by atoms with Crippen LogP contribution in [-0.2, 0) is 18.3 Å². The van der Waals surface area contributed by atoms with E-state index in [4.69, 9.17) is 9.52 Å².